The van der Waals surface area contributed by atoms with Crippen LogP contribution in [0.5, 0.6) is 17.2 Å². The molecule has 1 heterocycles. The van der Waals surface area contributed by atoms with E-state index in [1.54, 1.807) is 6.92 Å². The summed E-state index contributed by atoms with van der Waals surface area (Å²) in [4.78, 5) is 42.9. The molecule has 0 aromatic heterocycles. The fraction of sp³-hybridized carbons (Fsp3) is 0.444. The van der Waals surface area contributed by atoms with Gasteiger partial charge in [-0.1, -0.05) is 17.2 Å². The number of azide groups is 1. The predicted octanol–water partition coefficient (Wildman–Crippen LogP) is 1.84. The third-order valence-electron chi connectivity index (χ3n) is 8.08. The first-order chi connectivity index (χ1) is 19.4. The van der Waals surface area contributed by atoms with Crippen LogP contribution < -0.4 is 10.5 Å². The molecule has 0 saturated carbocycles. The average Bonchev–Trinajstić information content (AvgIpc) is 2.93. The molecule has 3 aliphatic rings. The number of benzene rings is 2. The van der Waals surface area contributed by atoms with E-state index in [1.807, 2.05) is 0 Å². The number of rotatable bonds is 5. The van der Waals surface area contributed by atoms with Crippen LogP contribution in [0.3, 0.4) is 0 Å². The molecule has 2 aliphatic carbocycles. The van der Waals surface area contributed by atoms with Crippen molar-refractivity contribution in [2.75, 3.05) is 7.11 Å². The largest absolute Gasteiger partial charge is 0.507 e. The Bertz CT molecular complexity index is 1520. The van der Waals surface area contributed by atoms with E-state index in [0.29, 0.717) is 0 Å². The van der Waals surface area contributed by atoms with Gasteiger partial charge in [-0.15, -0.1) is 0 Å². The van der Waals surface area contributed by atoms with E-state index in [4.69, 9.17) is 19.9 Å². The maximum atomic E-state index is 13.8. The molecular formula is C27H28N4O10. The van der Waals surface area contributed by atoms with Crippen LogP contribution in [0.15, 0.2) is 23.3 Å². The number of aliphatic hydroxyl groups is 2. The number of Topliss-reactive ketones (excluding diaryl/α,β-unsaturated/α-hetero) is 1. The molecule has 0 spiro atoms. The summed E-state index contributed by atoms with van der Waals surface area (Å²) < 4.78 is 17.0. The molecule has 14 nitrogen and oxygen atoms in total. The van der Waals surface area contributed by atoms with E-state index < -0.39 is 94.2 Å². The number of ketones is 3. The van der Waals surface area contributed by atoms with Gasteiger partial charge in [-0.2, -0.15) is 0 Å². The first-order valence-electron chi connectivity index (χ1n) is 12.8. The predicted molar refractivity (Wildman–Crippen MR) is 139 cm³/mol. The fourth-order valence-corrected chi connectivity index (χ4v) is 5.94. The van der Waals surface area contributed by atoms with Gasteiger partial charge in [0.1, 0.15) is 28.9 Å². The Labute approximate surface area is 232 Å². The van der Waals surface area contributed by atoms with E-state index in [-0.39, 0.29) is 28.9 Å². The topological polar surface area (TPSA) is 235 Å². The highest BCUT2D eigenvalue weighted by Crippen LogP contribution is 2.57. The van der Waals surface area contributed by atoms with Gasteiger partial charge in [0.05, 0.1) is 42.1 Å². The average molecular weight is 569 g/mol. The van der Waals surface area contributed by atoms with Gasteiger partial charge in [-0.25, -0.2) is 0 Å². The number of hydrogen-bond donors (Lipinski definition) is 5. The molecule has 7 unspecified atom stereocenters. The van der Waals surface area contributed by atoms with Gasteiger partial charge in [-0.3, -0.25) is 14.4 Å². The molecule has 41 heavy (non-hydrogen) atoms. The summed E-state index contributed by atoms with van der Waals surface area (Å²) in [5, 5.41) is 48.4. The summed E-state index contributed by atoms with van der Waals surface area (Å²) in [5.74, 6) is -4.11. The highest BCUT2D eigenvalue weighted by Gasteiger charge is 2.54. The number of ether oxygens (including phenoxy) is 3. The Hall–Kier alpha value is -4.04. The Morgan fingerprint density at radius 3 is 2.44 bits per heavy atom. The van der Waals surface area contributed by atoms with Crippen molar-refractivity contribution in [3.05, 3.63) is 62.0 Å². The molecule has 2 aromatic rings. The zero-order chi connectivity index (χ0) is 30.0. The lowest BCUT2D eigenvalue weighted by atomic mass is 9.69. The maximum Gasteiger partial charge on any atom is 0.202 e. The van der Waals surface area contributed by atoms with Crippen molar-refractivity contribution in [2.45, 2.75) is 69.0 Å². The normalized spacial score (nSPS) is 30.5. The number of nitrogens with two attached hydrogens (primary N) is 1. The number of carbonyl (C=O) groups excluding carboxylic acids is 3. The van der Waals surface area contributed by atoms with Crippen molar-refractivity contribution >= 4 is 17.3 Å². The second kappa shape index (κ2) is 10.1. The van der Waals surface area contributed by atoms with E-state index in [9.17, 15) is 40.3 Å². The second-order valence-electron chi connectivity index (χ2n) is 10.4. The summed E-state index contributed by atoms with van der Waals surface area (Å²) in [6.07, 6.45) is -4.90. The van der Waals surface area contributed by atoms with E-state index in [2.05, 4.69) is 10.0 Å². The second-order valence-corrected chi connectivity index (χ2v) is 10.4. The van der Waals surface area contributed by atoms with Gasteiger partial charge in [0.2, 0.25) is 5.78 Å². The first kappa shape index (κ1) is 28.5. The molecule has 7 atom stereocenters. The maximum absolute atomic E-state index is 13.8. The number of aromatic hydroxyl groups is 2. The third-order valence-corrected chi connectivity index (χ3v) is 8.08. The molecule has 14 heteroatoms. The zero-order valence-electron chi connectivity index (χ0n) is 22.3. The van der Waals surface area contributed by atoms with Gasteiger partial charge in [0.25, 0.3) is 0 Å². The Morgan fingerprint density at radius 1 is 1.17 bits per heavy atom. The molecule has 0 amide bonds. The Kier molecular flexibility index (Phi) is 7.02. The summed E-state index contributed by atoms with van der Waals surface area (Å²) >= 11 is 0. The van der Waals surface area contributed by atoms with Crippen LogP contribution in [0.2, 0.25) is 0 Å². The molecular weight excluding hydrogens is 540 g/mol. The van der Waals surface area contributed by atoms with Crippen molar-refractivity contribution in [1.82, 2.24) is 0 Å². The van der Waals surface area contributed by atoms with Crippen LogP contribution in [0, 0.1) is 0 Å². The first-order valence-corrected chi connectivity index (χ1v) is 12.8. The molecule has 0 radical (unpaired) electrons. The van der Waals surface area contributed by atoms with Gasteiger partial charge in [-0.05, 0) is 25.4 Å². The van der Waals surface area contributed by atoms with Crippen LogP contribution in [-0.4, -0.2) is 75.0 Å². The SMILES string of the molecule is COc1cccc2c1C(=O)c1c(O)c3c(c(O)c1C2=O)C(N=[N+]=[N-])C(O)(C(C)=O)CC3OC1CC(N)C(O)C(C)O1. The number of methoxy groups -OCH3 is 1. The Balaban J connectivity index is 1.77. The number of phenolic OH excluding ortho intramolecular Hbond substituents is 2. The van der Waals surface area contributed by atoms with Crippen LogP contribution in [0.4, 0.5) is 0 Å². The quantitative estimate of drug-likeness (QED) is 0.129. The number of carbonyl (C=O) groups is 3. The van der Waals surface area contributed by atoms with Gasteiger partial charge >= 0.3 is 0 Å². The monoisotopic (exact) mass is 568 g/mol. The summed E-state index contributed by atoms with van der Waals surface area (Å²) in [7, 11) is 1.30. The van der Waals surface area contributed by atoms with Crippen LogP contribution in [0.25, 0.3) is 10.4 Å². The fourth-order valence-electron chi connectivity index (χ4n) is 5.94. The van der Waals surface area contributed by atoms with Crippen molar-refractivity contribution in [3.8, 4) is 17.2 Å². The molecule has 0 bridgehead atoms. The third kappa shape index (κ3) is 4.15. The summed E-state index contributed by atoms with van der Waals surface area (Å²) in [5.41, 5.74) is 10.8. The lowest BCUT2D eigenvalue weighted by Gasteiger charge is -2.44. The summed E-state index contributed by atoms with van der Waals surface area (Å²) in [6.45, 7) is 2.60. The van der Waals surface area contributed by atoms with Crippen molar-refractivity contribution in [2.24, 2.45) is 10.8 Å². The van der Waals surface area contributed by atoms with Crippen LogP contribution in [-0.2, 0) is 14.3 Å². The molecule has 5 rings (SSSR count). The van der Waals surface area contributed by atoms with Gasteiger partial charge in [0, 0.05) is 40.5 Å². The lowest BCUT2D eigenvalue weighted by Crippen LogP contribution is -2.53. The minimum Gasteiger partial charge on any atom is -0.507 e. The molecule has 1 saturated heterocycles. The molecule has 1 fully saturated rings. The molecule has 2 aromatic carbocycles. The minimum absolute atomic E-state index is 0.0186. The van der Waals surface area contributed by atoms with Crippen molar-refractivity contribution in [1.29, 1.82) is 0 Å². The van der Waals surface area contributed by atoms with Gasteiger partial charge < -0.3 is 40.4 Å². The highest BCUT2D eigenvalue weighted by atomic mass is 16.7. The van der Waals surface area contributed by atoms with Gasteiger partial charge in [0.15, 0.2) is 17.9 Å². The summed E-state index contributed by atoms with van der Waals surface area (Å²) in [6, 6.07) is 1.71. The smallest absolute Gasteiger partial charge is 0.202 e. The number of fused-ring (bicyclic) bond motifs is 3. The van der Waals surface area contributed by atoms with Crippen molar-refractivity contribution in [3.63, 3.8) is 0 Å². The standard InChI is InChI=1S/C27H28N4O10/c1-9-21(33)12(28)7-15(40-9)41-14-8-27(38,10(2)32)26(30-31-29)20-17(14)24(36)19-18(25(20)37)22(34)11-5-4-6-13(39-3)16(11)23(19)35/h4-6,9,12,14-15,21,26,33,36-38H,7-8,28H2,1-3H3. The number of hydrogen-bond acceptors (Lipinski definition) is 12. The van der Waals surface area contributed by atoms with E-state index in [0.717, 1.165) is 6.92 Å². The Morgan fingerprint density at radius 2 is 1.83 bits per heavy atom. The molecule has 216 valence electrons. The number of phenols is 2. The molecule has 1 aliphatic heterocycles. The number of aliphatic hydroxyl groups excluding tert-OH is 1. The molecule has 6 N–H and O–H groups in total. The van der Waals surface area contributed by atoms with Crippen molar-refractivity contribution < 1.29 is 49.0 Å². The minimum atomic E-state index is -2.45. The van der Waals surface area contributed by atoms with E-state index in [1.165, 1.54) is 25.3 Å². The van der Waals surface area contributed by atoms with E-state index >= 15 is 0 Å². The van der Waals surface area contributed by atoms with Crippen LogP contribution in [0.1, 0.15) is 81.8 Å². The zero-order valence-corrected chi connectivity index (χ0v) is 22.3. The highest BCUT2D eigenvalue weighted by molar-refractivity contribution is 6.31. The lowest BCUT2D eigenvalue weighted by molar-refractivity contribution is -0.248. The number of nitrogens with zero attached hydrogens (tertiary/aromatic N) is 3. The van der Waals surface area contributed by atoms with Crippen LogP contribution >= 0.6 is 0 Å².